The lowest BCUT2D eigenvalue weighted by molar-refractivity contribution is -0.112. The molecule has 0 saturated carbocycles. The molecule has 0 aliphatic rings. The maximum absolute atomic E-state index is 11.8. The average Bonchev–Trinajstić information content (AvgIpc) is 2.32. The molecule has 0 unspecified atom stereocenters. The highest BCUT2D eigenvalue weighted by atomic mass is 35.5. The number of rotatable bonds is 3. The highest BCUT2D eigenvalue weighted by Crippen LogP contribution is 2.15. The fourth-order valence-electron chi connectivity index (χ4n) is 1.24. The third-order valence-corrected chi connectivity index (χ3v) is 2.65. The number of allylic oxidation sites excluding steroid dienone is 1. The number of hydrogen-bond acceptors (Lipinski definition) is 2. The molecule has 0 spiro atoms. The zero-order chi connectivity index (χ0) is 12.8. The monoisotopic (exact) mass is 248 g/mol. The molecule has 1 rings (SSSR count). The van der Waals surface area contributed by atoms with Crippen LogP contribution in [0.15, 0.2) is 35.4 Å². The van der Waals surface area contributed by atoms with Crippen molar-refractivity contribution < 1.29 is 4.79 Å². The van der Waals surface area contributed by atoms with Crippen LogP contribution < -0.4 is 5.32 Å². The summed E-state index contributed by atoms with van der Waals surface area (Å²) in [6.07, 6.45) is 0.678. The zero-order valence-corrected chi connectivity index (χ0v) is 10.5. The number of carbonyl (C=O) groups is 1. The second kappa shape index (κ2) is 6.07. The third-order valence-electron chi connectivity index (χ3n) is 2.40. The van der Waals surface area contributed by atoms with Gasteiger partial charge in [-0.2, -0.15) is 5.26 Å². The van der Waals surface area contributed by atoms with Crippen molar-refractivity contribution in [2.45, 2.75) is 20.3 Å². The molecule has 4 heteroatoms. The summed E-state index contributed by atoms with van der Waals surface area (Å²) >= 11 is 5.74. The van der Waals surface area contributed by atoms with Crippen LogP contribution in [0.2, 0.25) is 5.02 Å². The minimum atomic E-state index is -0.380. The number of anilines is 1. The minimum Gasteiger partial charge on any atom is -0.321 e. The van der Waals surface area contributed by atoms with E-state index in [4.69, 9.17) is 16.9 Å². The molecule has 0 heterocycles. The molecule has 0 aliphatic carbocycles. The number of amides is 1. The number of nitriles is 1. The van der Waals surface area contributed by atoms with E-state index in [0.717, 1.165) is 5.57 Å². The fraction of sp³-hybridized carbons (Fsp3) is 0.231. The molecular weight excluding hydrogens is 236 g/mol. The molecule has 1 aromatic carbocycles. The van der Waals surface area contributed by atoms with Gasteiger partial charge in [-0.3, -0.25) is 4.79 Å². The SMILES string of the molecule is CC/C(C)=C(/C#N)C(=O)Nc1ccc(Cl)cc1. The van der Waals surface area contributed by atoms with Gasteiger partial charge in [-0.25, -0.2) is 0 Å². The molecule has 1 amide bonds. The van der Waals surface area contributed by atoms with Gasteiger partial charge in [-0.05, 0) is 37.6 Å². The van der Waals surface area contributed by atoms with Crippen molar-refractivity contribution in [2.24, 2.45) is 0 Å². The highest BCUT2D eigenvalue weighted by molar-refractivity contribution is 6.30. The van der Waals surface area contributed by atoms with E-state index in [1.54, 1.807) is 31.2 Å². The molecule has 0 radical (unpaired) electrons. The Kier molecular flexibility index (Phi) is 4.74. The molecular formula is C13H13ClN2O. The van der Waals surface area contributed by atoms with E-state index in [9.17, 15) is 4.79 Å². The van der Waals surface area contributed by atoms with Gasteiger partial charge in [0.15, 0.2) is 0 Å². The van der Waals surface area contributed by atoms with Crippen LogP contribution in [0.5, 0.6) is 0 Å². The van der Waals surface area contributed by atoms with Crippen molar-refractivity contribution in [1.82, 2.24) is 0 Å². The lowest BCUT2D eigenvalue weighted by Crippen LogP contribution is -2.14. The van der Waals surface area contributed by atoms with Crippen LogP contribution in [0, 0.1) is 11.3 Å². The number of carbonyl (C=O) groups excluding carboxylic acids is 1. The summed E-state index contributed by atoms with van der Waals surface area (Å²) in [5.74, 6) is -0.380. The largest absolute Gasteiger partial charge is 0.321 e. The maximum atomic E-state index is 11.8. The molecule has 0 fully saturated rings. The Labute approximate surface area is 106 Å². The standard InChI is InChI=1S/C13H13ClN2O/c1-3-9(2)12(8-15)13(17)16-11-6-4-10(14)5-7-11/h4-7H,3H2,1-2H3,(H,16,17)/b12-9-. The summed E-state index contributed by atoms with van der Waals surface area (Å²) in [5.41, 5.74) is 1.57. The first kappa shape index (κ1) is 13.3. The maximum Gasteiger partial charge on any atom is 0.266 e. The Morgan fingerprint density at radius 3 is 2.47 bits per heavy atom. The summed E-state index contributed by atoms with van der Waals surface area (Å²) in [6, 6.07) is 8.67. The van der Waals surface area contributed by atoms with Crippen LogP contribution in [0.25, 0.3) is 0 Å². The highest BCUT2D eigenvalue weighted by Gasteiger charge is 2.11. The number of nitrogens with one attached hydrogen (secondary N) is 1. The molecule has 0 aliphatic heterocycles. The average molecular weight is 249 g/mol. The minimum absolute atomic E-state index is 0.169. The predicted octanol–water partition coefficient (Wildman–Crippen LogP) is 3.53. The molecule has 1 aromatic rings. The molecule has 17 heavy (non-hydrogen) atoms. The van der Waals surface area contributed by atoms with Gasteiger partial charge in [0.25, 0.3) is 5.91 Å². The quantitative estimate of drug-likeness (QED) is 0.657. The van der Waals surface area contributed by atoms with Crippen LogP contribution >= 0.6 is 11.6 Å². The Hall–Kier alpha value is -1.79. The van der Waals surface area contributed by atoms with Gasteiger partial charge < -0.3 is 5.32 Å². The number of hydrogen-bond donors (Lipinski definition) is 1. The van der Waals surface area contributed by atoms with Crippen LogP contribution in [0.1, 0.15) is 20.3 Å². The fourth-order valence-corrected chi connectivity index (χ4v) is 1.37. The molecule has 0 bridgehead atoms. The summed E-state index contributed by atoms with van der Waals surface area (Å²) in [7, 11) is 0. The van der Waals surface area contributed by atoms with E-state index in [2.05, 4.69) is 5.32 Å². The van der Waals surface area contributed by atoms with Crippen LogP contribution in [-0.4, -0.2) is 5.91 Å². The van der Waals surface area contributed by atoms with Gasteiger partial charge in [0, 0.05) is 10.7 Å². The molecule has 3 nitrogen and oxygen atoms in total. The van der Waals surface area contributed by atoms with E-state index >= 15 is 0 Å². The van der Waals surface area contributed by atoms with Gasteiger partial charge in [-0.15, -0.1) is 0 Å². The zero-order valence-electron chi connectivity index (χ0n) is 9.75. The van der Waals surface area contributed by atoms with E-state index in [1.165, 1.54) is 0 Å². The van der Waals surface area contributed by atoms with Crippen molar-refractivity contribution >= 4 is 23.2 Å². The Bertz CT molecular complexity index is 483. The number of benzene rings is 1. The van der Waals surface area contributed by atoms with Crippen molar-refractivity contribution in [3.63, 3.8) is 0 Å². The van der Waals surface area contributed by atoms with E-state index < -0.39 is 0 Å². The van der Waals surface area contributed by atoms with Crippen molar-refractivity contribution in [3.8, 4) is 6.07 Å². The van der Waals surface area contributed by atoms with Crippen LogP contribution in [0.4, 0.5) is 5.69 Å². The van der Waals surface area contributed by atoms with Crippen molar-refractivity contribution in [3.05, 3.63) is 40.4 Å². The number of halogens is 1. The van der Waals surface area contributed by atoms with Crippen LogP contribution in [0.3, 0.4) is 0 Å². The molecule has 0 atom stereocenters. The Morgan fingerprint density at radius 1 is 1.41 bits per heavy atom. The Morgan fingerprint density at radius 2 is 2.00 bits per heavy atom. The molecule has 88 valence electrons. The summed E-state index contributed by atoms with van der Waals surface area (Å²) in [4.78, 5) is 11.8. The first-order chi connectivity index (χ1) is 8.08. The topological polar surface area (TPSA) is 52.9 Å². The molecule has 0 aromatic heterocycles. The summed E-state index contributed by atoms with van der Waals surface area (Å²) in [6.45, 7) is 3.68. The third kappa shape index (κ3) is 3.61. The van der Waals surface area contributed by atoms with E-state index in [0.29, 0.717) is 17.1 Å². The van der Waals surface area contributed by atoms with Crippen molar-refractivity contribution in [1.29, 1.82) is 5.26 Å². The first-order valence-corrected chi connectivity index (χ1v) is 5.63. The summed E-state index contributed by atoms with van der Waals surface area (Å²) in [5, 5.41) is 12.2. The van der Waals surface area contributed by atoms with E-state index in [1.807, 2.05) is 13.0 Å². The molecule has 0 saturated heterocycles. The second-order valence-electron chi connectivity index (χ2n) is 3.58. The number of nitrogens with zero attached hydrogens (tertiary/aromatic N) is 1. The summed E-state index contributed by atoms with van der Waals surface area (Å²) < 4.78 is 0. The molecule has 1 N–H and O–H groups in total. The lowest BCUT2D eigenvalue weighted by Gasteiger charge is -2.06. The van der Waals surface area contributed by atoms with Crippen LogP contribution in [-0.2, 0) is 4.79 Å². The van der Waals surface area contributed by atoms with Crippen molar-refractivity contribution in [2.75, 3.05) is 5.32 Å². The lowest BCUT2D eigenvalue weighted by atomic mass is 10.1. The smallest absolute Gasteiger partial charge is 0.266 e. The van der Waals surface area contributed by atoms with Gasteiger partial charge in [-0.1, -0.05) is 24.1 Å². The van der Waals surface area contributed by atoms with Gasteiger partial charge in [0.1, 0.15) is 11.6 Å². The first-order valence-electron chi connectivity index (χ1n) is 5.25. The van der Waals surface area contributed by atoms with Gasteiger partial charge in [0.05, 0.1) is 0 Å². The predicted molar refractivity (Wildman–Crippen MR) is 68.7 cm³/mol. The van der Waals surface area contributed by atoms with Gasteiger partial charge in [0.2, 0.25) is 0 Å². The van der Waals surface area contributed by atoms with Gasteiger partial charge >= 0.3 is 0 Å². The Balaban J connectivity index is 2.86. The normalized spacial score (nSPS) is 11.4. The second-order valence-corrected chi connectivity index (χ2v) is 4.02. The van der Waals surface area contributed by atoms with E-state index in [-0.39, 0.29) is 11.5 Å².